The molecule has 0 radical (unpaired) electrons. The van der Waals surface area contributed by atoms with Crippen LogP contribution < -0.4 is 5.73 Å². The molecule has 1 aliphatic heterocycles. The lowest BCUT2D eigenvalue weighted by molar-refractivity contribution is -0.136. The second-order valence-corrected chi connectivity index (χ2v) is 5.11. The third-order valence-corrected chi connectivity index (χ3v) is 3.75. The summed E-state index contributed by atoms with van der Waals surface area (Å²) >= 11 is 0. The van der Waals surface area contributed by atoms with Gasteiger partial charge in [-0.05, 0) is 18.1 Å². The lowest BCUT2D eigenvalue weighted by atomic mass is 10.0. The van der Waals surface area contributed by atoms with E-state index < -0.39 is 6.04 Å². The summed E-state index contributed by atoms with van der Waals surface area (Å²) in [5.74, 6) is 0.0126. The van der Waals surface area contributed by atoms with Crippen molar-refractivity contribution in [3.63, 3.8) is 0 Å². The van der Waals surface area contributed by atoms with Gasteiger partial charge in [-0.2, -0.15) is 0 Å². The Balaban J connectivity index is 1.71. The average molecular weight is 273 g/mol. The normalized spacial score (nSPS) is 17.4. The third-order valence-electron chi connectivity index (χ3n) is 3.75. The summed E-state index contributed by atoms with van der Waals surface area (Å²) in [5.41, 5.74) is 8.25. The standard InChI is InChI=1S/C15H19N3O2/c16-13(15(19)18-5-7-20-8-6-18)9-11-10-17-14-4-2-1-3-12(11)14/h1-4,10,13,17H,5-9,16H2. The fourth-order valence-corrected chi connectivity index (χ4v) is 2.64. The van der Waals surface area contributed by atoms with Crippen molar-refractivity contribution in [2.45, 2.75) is 12.5 Å². The van der Waals surface area contributed by atoms with E-state index in [1.165, 1.54) is 0 Å². The first kappa shape index (κ1) is 13.1. The highest BCUT2D eigenvalue weighted by Crippen LogP contribution is 2.19. The van der Waals surface area contributed by atoms with Gasteiger partial charge in [0.25, 0.3) is 0 Å². The van der Waals surface area contributed by atoms with Gasteiger partial charge in [0.15, 0.2) is 0 Å². The summed E-state index contributed by atoms with van der Waals surface area (Å²) < 4.78 is 5.25. The average Bonchev–Trinajstić information content (AvgIpc) is 2.91. The largest absolute Gasteiger partial charge is 0.378 e. The Bertz CT molecular complexity index is 602. The van der Waals surface area contributed by atoms with Crippen LogP contribution in [-0.4, -0.2) is 48.1 Å². The summed E-state index contributed by atoms with van der Waals surface area (Å²) in [4.78, 5) is 17.3. The zero-order valence-corrected chi connectivity index (χ0v) is 11.3. The number of rotatable bonds is 3. The minimum absolute atomic E-state index is 0.0126. The van der Waals surface area contributed by atoms with Crippen LogP contribution in [0.25, 0.3) is 10.9 Å². The number of amides is 1. The monoisotopic (exact) mass is 273 g/mol. The van der Waals surface area contributed by atoms with Crippen molar-refractivity contribution in [2.75, 3.05) is 26.3 Å². The van der Waals surface area contributed by atoms with Crippen LogP contribution in [0.5, 0.6) is 0 Å². The molecule has 0 spiro atoms. The molecule has 0 aliphatic carbocycles. The van der Waals surface area contributed by atoms with Crippen LogP contribution in [0.4, 0.5) is 0 Å². The topological polar surface area (TPSA) is 71.4 Å². The Hall–Kier alpha value is -1.85. The summed E-state index contributed by atoms with van der Waals surface area (Å²) in [7, 11) is 0. The molecule has 1 amide bonds. The van der Waals surface area contributed by atoms with Gasteiger partial charge in [-0.15, -0.1) is 0 Å². The van der Waals surface area contributed by atoms with Crippen molar-refractivity contribution in [3.05, 3.63) is 36.0 Å². The van der Waals surface area contributed by atoms with E-state index in [1.807, 2.05) is 30.5 Å². The van der Waals surface area contributed by atoms with E-state index in [9.17, 15) is 4.79 Å². The number of morpholine rings is 1. The number of carbonyl (C=O) groups is 1. The molecule has 3 N–H and O–H groups in total. The number of carbonyl (C=O) groups excluding carboxylic acids is 1. The van der Waals surface area contributed by atoms with Crippen LogP contribution in [0.2, 0.25) is 0 Å². The highest BCUT2D eigenvalue weighted by molar-refractivity contribution is 5.86. The molecule has 3 rings (SSSR count). The highest BCUT2D eigenvalue weighted by Gasteiger charge is 2.23. The van der Waals surface area contributed by atoms with Crippen molar-refractivity contribution in [3.8, 4) is 0 Å². The van der Waals surface area contributed by atoms with E-state index in [4.69, 9.17) is 10.5 Å². The number of nitrogens with two attached hydrogens (primary N) is 1. The first-order valence-electron chi connectivity index (χ1n) is 6.93. The minimum atomic E-state index is -0.493. The minimum Gasteiger partial charge on any atom is -0.378 e. The molecule has 2 aromatic rings. The summed E-state index contributed by atoms with van der Waals surface area (Å²) in [6, 6.07) is 7.56. The Labute approximate surface area is 117 Å². The second-order valence-electron chi connectivity index (χ2n) is 5.11. The fraction of sp³-hybridized carbons (Fsp3) is 0.400. The first-order valence-corrected chi connectivity index (χ1v) is 6.93. The second kappa shape index (κ2) is 5.64. The molecule has 0 bridgehead atoms. The van der Waals surface area contributed by atoms with Crippen molar-refractivity contribution in [2.24, 2.45) is 5.73 Å². The Morgan fingerprint density at radius 1 is 1.35 bits per heavy atom. The summed E-state index contributed by atoms with van der Waals surface area (Å²) in [6.45, 7) is 2.48. The van der Waals surface area contributed by atoms with Crippen molar-refractivity contribution in [1.82, 2.24) is 9.88 Å². The van der Waals surface area contributed by atoms with Crippen LogP contribution in [0.3, 0.4) is 0 Å². The van der Waals surface area contributed by atoms with Gasteiger partial charge >= 0.3 is 0 Å². The van der Waals surface area contributed by atoms with E-state index >= 15 is 0 Å². The first-order chi connectivity index (χ1) is 9.75. The van der Waals surface area contributed by atoms with E-state index in [0.29, 0.717) is 32.7 Å². The quantitative estimate of drug-likeness (QED) is 0.872. The van der Waals surface area contributed by atoms with Gasteiger partial charge < -0.3 is 20.4 Å². The predicted molar refractivity (Wildman–Crippen MR) is 77.4 cm³/mol. The Morgan fingerprint density at radius 3 is 2.90 bits per heavy atom. The maximum atomic E-state index is 12.3. The molecule has 1 fully saturated rings. The van der Waals surface area contributed by atoms with Crippen LogP contribution in [-0.2, 0) is 16.0 Å². The number of nitrogens with one attached hydrogen (secondary N) is 1. The third kappa shape index (κ3) is 2.55. The zero-order chi connectivity index (χ0) is 13.9. The molecule has 1 unspecified atom stereocenters. The van der Waals surface area contributed by atoms with Gasteiger partial charge in [0.2, 0.25) is 5.91 Å². The van der Waals surface area contributed by atoms with Crippen molar-refractivity contribution >= 4 is 16.8 Å². The van der Waals surface area contributed by atoms with Crippen LogP contribution in [0.1, 0.15) is 5.56 Å². The molecule has 20 heavy (non-hydrogen) atoms. The maximum Gasteiger partial charge on any atom is 0.239 e. The lowest BCUT2D eigenvalue weighted by Gasteiger charge is -2.29. The number of aromatic amines is 1. The maximum absolute atomic E-state index is 12.3. The smallest absolute Gasteiger partial charge is 0.239 e. The van der Waals surface area contributed by atoms with Gasteiger partial charge in [0.1, 0.15) is 0 Å². The highest BCUT2D eigenvalue weighted by atomic mass is 16.5. The van der Waals surface area contributed by atoms with Gasteiger partial charge in [0.05, 0.1) is 19.3 Å². The van der Waals surface area contributed by atoms with E-state index in [0.717, 1.165) is 16.5 Å². The molecule has 1 atom stereocenters. The molecular weight excluding hydrogens is 254 g/mol. The van der Waals surface area contributed by atoms with Crippen LogP contribution >= 0.6 is 0 Å². The zero-order valence-electron chi connectivity index (χ0n) is 11.3. The molecule has 5 nitrogen and oxygen atoms in total. The molecule has 106 valence electrons. The number of nitrogens with zero attached hydrogens (tertiary/aromatic N) is 1. The summed E-state index contributed by atoms with van der Waals surface area (Å²) in [6.07, 6.45) is 2.50. The van der Waals surface area contributed by atoms with Gasteiger partial charge in [0, 0.05) is 30.2 Å². The van der Waals surface area contributed by atoms with Crippen LogP contribution in [0, 0.1) is 0 Å². The van der Waals surface area contributed by atoms with E-state index in [2.05, 4.69) is 4.98 Å². The molecular formula is C15H19N3O2. The number of fused-ring (bicyclic) bond motifs is 1. The number of H-pyrrole nitrogens is 1. The number of hydrogen-bond acceptors (Lipinski definition) is 3. The predicted octanol–water partition coefficient (Wildman–Crippen LogP) is 0.897. The Morgan fingerprint density at radius 2 is 2.10 bits per heavy atom. The SMILES string of the molecule is NC(Cc1c[nH]c2ccccc12)C(=O)N1CCOCC1. The van der Waals surface area contributed by atoms with Crippen molar-refractivity contribution in [1.29, 1.82) is 0 Å². The van der Waals surface area contributed by atoms with Crippen LogP contribution in [0.15, 0.2) is 30.5 Å². The molecule has 1 aromatic carbocycles. The fourth-order valence-electron chi connectivity index (χ4n) is 2.64. The van der Waals surface area contributed by atoms with E-state index in [1.54, 1.807) is 4.90 Å². The number of benzene rings is 1. The van der Waals surface area contributed by atoms with Crippen molar-refractivity contribution < 1.29 is 9.53 Å². The summed E-state index contributed by atoms with van der Waals surface area (Å²) in [5, 5.41) is 1.14. The van der Waals surface area contributed by atoms with Gasteiger partial charge in [-0.25, -0.2) is 0 Å². The Kier molecular flexibility index (Phi) is 3.71. The lowest BCUT2D eigenvalue weighted by Crippen LogP contribution is -2.49. The number of aromatic nitrogens is 1. The molecule has 1 aliphatic rings. The number of ether oxygens (including phenoxy) is 1. The molecule has 5 heteroatoms. The van der Waals surface area contributed by atoms with E-state index in [-0.39, 0.29) is 5.91 Å². The molecule has 0 saturated carbocycles. The molecule has 1 saturated heterocycles. The van der Waals surface area contributed by atoms with Gasteiger partial charge in [-0.1, -0.05) is 18.2 Å². The number of para-hydroxylation sites is 1. The van der Waals surface area contributed by atoms with Gasteiger partial charge in [-0.3, -0.25) is 4.79 Å². The molecule has 1 aromatic heterocycles. The number of hydrogen-bond donors (Lipinski definition) is 2. The molecule has 2 heterocycles.